The van der Waals surface area contributed by atoms with Crippen molar-refractivity contribution in [2.24, 2.45) is 0 Å². The summed E-state index contributed by atoms with van der Waals surface area (Å²) in [6, 6.07) is 1.76. The minimum absolute atomic E-state index is 0.189. The molecule has 1 aliphatic rings. The van der Waals surface area contributed by atoms with Gasteiger partial charge in [0.1, 0.15) is 17.3 Å². The molecule has 2 rings (SSSR count). The second kappa shape index (κ2) is 6.47. The molecule has 6 nitrogen and oxygen atoms in total. The quantitative estimate of drug-likeness (QED) is 0.809. The Balaban J connectivity index is 2.15. The lowest BCUT2D eigenvalue weighted by Crippen LogP contribution is -2.45. The van der Waals surface area contributed by atoms with Crippen molar-refractivity contribution in [3.05, 3.63) is 30.2 Å². The number of nitrogens with zero attached hydrogens (tertiary/aromatic N) is 4. The molecule has 1 saturated heterocycles. The topological polar surface area (TPSA) is 61.4 Å². The van der Waals surface area contributed by atoms with Crippen molar-refractivity contribution in [3.8, 4) is 0 Å². The van der Waals surface area contributed by atoms with Crippen LogP contribution in [-0.4, -0.2) is 60.5 Å². The van der Waals surface area contributed by atoms with E-state index in [-0.39, 0.29) is 5.91 Å². The predicted molar refractivity (Wildman–Crippen MR) is 79.0 cm³/mol. The number of anilines is 1. The zero-order valence-corrected chi connectivity index (χ0v) is 12.1. The molecule has 2 heterocycles. The highest BCUT2D eigenvalue weighted by Gasteiger charge is 2.18. The maximum absolute atomic E-state index is 12.0. The molecule has 0 unspecified atom stereocenters. The Labute approximate surface area is 119 Å². The van der Waals surface area contributed by atoms with Crippen molar-refractivity contribution in [2.75, 3.05) is 44.7 Å². The number of aromatic nitrogens is 2. The van der Waals surface area contributed by atoms with E-state index < -0.39 is 0 Å². The number of rotatable bonds is 4. The van der Waals surface area contributed by atoms with Gasteiger partial charge in [-0.3, -0.25) is 4.79 Å². The van der Waals surface area contributed by atoms with Crippen LogP contribution in [-0.2, 0) is 0 Å². The van der Waals surface area contributed by atoms with Crippen LogP contribution < -0.4 is 10.2 Å². The van der Waals surface area contributed by atoms with Gasteiger partial charge in [-0.05, 0) is 14.0 Å². The molecule has 0 atom stereocenters. The highest BCUT2D eigenvalue weighted by molar-refractivity contribution is 5.93. The van der Waals surface area contributed by atoms with Crippen LogP contribution in [0.5, 0.6) is 0 Å². The SMILES string of the molecule is C=CCNC(=O)c1cc(N2CCN(C)CC2)nc(C)n1. The van der Waals surface area contributed by atoms with E-state index in [0.717, 1.165) is 32.0 Å². The van der Waals surface area contributed by atoms with E-state index in [0.29, 0.717) is 18.1 Å². The van der Waals surface area contributed by atoms with Crippen molar-refractivity contribution in [2.45, 2.75) is 6.92 Å². The summed E-state index contributed by atoms with van der Waals surface area (Å²) >= 11 is 0. The fourth-order valence-corrected chi connectivity index (χ4v) is 2.12. The highest BCUT2D eigenvalue weighted by Crippen LogP contribution is 2.14. The molecule has 1 aliphatic heterocycles. The number of nitrogens with one attached hydrogen (secondary N) is 1. The number of piperazine rings is 1. The summed E-state index contributed by atoms with van der Waals surface area (Å²) in [6.07, 6.45) is 1.65. The average molecular weight is 275 g/mol. The Morgan fingerprint density at radius 1 is 1.40 bits per heavy atom. The smallest absolute Gasteiger partial charge is 0.270 e. The fraction of sp³-hybridized carbons (Fsp3) is 0.500. The summed E-state index contributed by atoms with van der Waals surface area (Å²) < 4.78 is 0. The lowest BCUT2D eigenvalue weighted by molar-refractivity contribution is 0.0952. The summed E-state index contributed by atoms with van der Waals surface area (Å²) in [7, 11) is 2.11. The van der Waals surface area contributed by atoms with Crippen molar-refractivity contribution in [1.29, 1.82) is 0 Å². The fourth-order valence-electron chi connectivity index (χ4n) is 2.12. The van der Waals surface area contributed by atoms with Crippen LogP contribution in [0.3, 0.4) is 0 Å². The van der Waals surface area contributed by atoms with Gasteiger partial charge in [0.25, 0.3) is 5.91 Å². The second-order valence-corrected chi connectivity index (χ2v) is 4.95. The van der Waals surface area contributed by atoms with Crippen LogP contribution in [0.2, 0.25) is 0 Å². The molecule has 1 fully saturated rings. The third-order valence-corrected chi connectivity index (χ3v) is 3.29. The van der Waals surface area contributed by atoms with Gasteiger partial charge in [0.2, 0.25) is 0 Å². The molecular weight excluding hydrogens is 254 g/mol. The summed E-state index contributed by atoms with van der Waals surface area (Å²) in [6.45, 7) is 9.66. The van der Waals surface area contributed by atoms with Gasteiger partial charge in [-0.1, -0.05) is 6.08 Å². The summed E-state index contributed by atoms with van der Waals surface area (Å²) in [5.74, 6) is 1.25. The standard InChI is InChI=1S/C14H21N5O/c1-4-5-15-14(20)12-10-13(17-11(2)16-12)19-8-6-18(3)7-9-19/h4,10H,1,5-9H2,2-3H3,(H,15,20). The van der Waals surface area contributed by atoms with E-state index in [2.05, 4.69) is 38.7 Å². The minimum atomic E-state index is -0.189. The molecule has 0 spiro atoms. The van der Waals surface area contributed by atoms with Crippen molar-refractivity contribution in [3.63, 3.8) is 0 Å². The molecule has 1 N–H and O–H groups in total. The first kappa shape index (κ1) is 14.5. The number of amides is 1. The van der Waals surface area contributed by atoms with Gasteiger partial charge in [-0.15, -0.1) is 6.58 Å². The first-order valence-corrected chi connectivity index (χ1v) is 6.78. The number of carbonyl (C=O) groups excluding carboxylic acids is 1. The van der Waals surface area contributed by atoms with Gasteiger partial charge < -0.3 is 15.1 Å². The largest absolute Gasteiger partial charge is 0.354 e. The molecular formula is C14H21N5O. The van der Waals surface area contributed by atoms with Gasteiger partial charge >= 0.3 is 0 Å². The van der Waals surface area contributed by atoms with Gasteiger partial charge in [0.05, 0.1) is 0 Å². The Hall–Kier alpha value is -1.95. The average Bonchev–Trinajstić information content (AvgIpc) is 2.44. The zero-order chi connectivity index (χ0) is 14.5. The van der Waals surface area contributed by atoms with E-state index in [9.17, 15) is 4.79 Å². The van der Waals surface area contributed by atoms with Crippen molar-refractivity contribution >= 4 is 11.7 Å². The lowest BCUT2D eigenvalue weighted by atomic mass is 10.3. The molecule has 6 heteroatoms. The molecule has 1 aromatic rings. The van der Waals surface area contributed by atoms with Gasteiger partial charge in [-0.25, -0.2) is 9.97 Å². The normalized spacial score (nSPS) is 16.0. The number of hydrogen-bond donors (Lipinski definition) is 1. The zero-order valence-electron chi connectivity index (χ0n) is 12.1. The van der Waals surface area contributed by atoms with Crippen LogP contribution in [0, 0.1) is 6.92 Å². The van der Waals surface area contributed by atoms with E-state index in [1.54, 1.807) is 12.1 Å². The Morgan fingerprint density at radius 2 is 2.10 bits per heavy atom. The number of likely N-dealkylation sites (N-methyl/N-ethyl adjacent to an activating group) is 1. The Morgan fingerprint density at radius 3 is 2.75 bits per heavy atom. The molecule has 1 amide bonds. The number of aryl methyl sites for hydroxylation is 1. The van der Waals surface area contributed by atoms with Gasteiger partial charge in [0, 0.05) is 38.8 Å². The number of carbonyl (C=O) groups is 1. The maximum Gasteiger partial charge on any atom is 0.270 e. The molecule has 0 aromatic carbocycles. The Kier molecular flexibility index (Phi) is 4.68. The van der Waals surface area contributed by atoms with Crippen LogP contribution in [0.1, 0.15) is 16.3 Å². The van der Waals surface area contributed by atoms with Crippen LogP contribution in [0.15, 0.2) is 18.7 Å². The monoisotopic (exact) mass is 275 g/mol. The predicted octanol–water partition coefficient (Wildman–Crippen LogP) is 0.453. The van der Waals surface area contributed by atoms with Gasteiger partial charge in [0.15, 0.2) is 0 Å². The Bertz CT molecular complexity index is 494. The van der Waals surface area contributed by atoms with E-state index >= 15 is 0 Å². The minimum Gasteiger partial charge on any atom is -0.354 e. The van der Waals surface area contributed by atoms with E-state index in [1.807, 2.05) is 6.92 Å². The van der Waals surface area contributed by atoms with E-state index in [4.69, 9.17) is 0 Å². The maximum atomic E-state index is 12.0. The third-order valence-electron chi connectivity index (χ3n) is 3.29. The molecule has 0 bridgehead atoms. The summed E-state index contributed by atoms with van der Waals surface area (Å²) in [5.41, 5.74) is 0.410. The summed E-state index contributed by atoms with van der Waals surface area (Å²) in [5, 5.41) is 2.74. The van der Waals surface area contributed by atoms with Crippen molar-refractivity contribution in [1.82, 2.24) is 20.2 Å². The van der Waals surface area contributed by atoms with E-state index in [1.165, 1.54) is 0 Å². The summed E-state index contributed by atoms with van der Waals surface area (Å²) in [4.78, 5) is 25.1. The molecule has 20 heavy (non-hydrogen) atoms. The highest BCUT2D eigenvalue weighted by atomic mass is 16.1. The molecule has 0 aliphatic carbocycles. The first-order valence-electron chi connectivity index (χ1n) is 6.78. The molecule has 1 aromatic heterocycles. The van der Waals surface area contributed by atoms with Crippen LogP contribution in [0.25, 0.3) is 0 Å². The molecule has 0 saturated carbocycles. The lowest BCUT2D eigenvalue weighted by Gasteiger charge is -2.33. The second-order valence-electron chi connectivity index (χ2n) is 4.95. The number of hydrogen-bond acceptors (Lipinski definition) is 5. The van der Waals surface area contributed by atoms with Crippen LogP contribution >= 0.6 is 0 Å². The first-order chi connectivity index (χ1) is 9.60. The van der Waals surface area contributed by atoms with Gasteiger partial charge in [-0.2, -0.15) is 0 Å². The molecule has 108 valence electrons. The van der Waals surface area contributed by atoms with Crippen molar-refractivity contribution < 1.29 is 4.79 Å². The van der Waals surface area contributed by atoms with Crippen LogP contribution in [0.4, 0.5) is 5.82 Å². The third kappa shape index (κ3) is 3.54. The molecule has 0 radical (unpaired) electrons.